The molecule has 0 aromatic carbocycles. The van der Waals surface area contributed by atoms with Crippen LogP contribution in [0.25, 0.3) is 0 Å². The molecule has 1 atom stereocenters. The van der Waals surface area contributed by atoms with Crippen molar-refractivity contribution in [2.24, 2.45) is 5.92 Å². The normalized spacial score (nSPS) is 28.4. The van der Waals surface area contributed by atoms with Crippen LogP contribution in [-0.4, -0.2) is 70.6 Å². The molecule has 0 amide bonds. The van der Waals surface area contributed by atoms with Gasteiger partial charge in [0.05, 0.1) is 13.2 Å². The maximum Gasteiger partial charge on any atom is 0.279 e. The lowest BCUT2D eigenvalue weighted by Crippen LogP contribution is -2.48. The number of ether oxygens (including phenoxy) is 1. The molecular weight excluding hydrogens is 254 g/mol. The van der Waals surface area contributed by atoms with Crippen LogP contribution in [0.2, 0.25) is 0 Å². The van der Waals surface area contributed by atoms with E-state index in [1.54, 1.807) is 0 Å². The Bertz CT molecular complexity index is 355. The summed E-state index contributed by atoms with van der Waals surface area (Å²) in [5.41, 5.74) is 0. The lowest BCUT2D eigenvalue weighted by atomic mass is 9.99. The van der Waals surface area contributed by atoms with Crippen LogP contribution in [0, 0.1) is 5.92 Å². The molecule has 18 heavy (non-hydrogen) atoms. The molecule has 0 aliphatic carbocycles. The molecule has 2 fully saturated rings. The van der Waals surface area contributed by atoms with E-state index >= 15 is 0 Å². The van der Waals surface area contributed by atoms with E-state index in [0.29, 0.717) is 38.8 Å². The molecule has 106 valence electrons. The van der Waals surface area contributed by atoms with Crippen LogP contribution in [0.15, 0.2) is 0 Å². The number of morpholine rings is 1. The molecule has 2 aliphatic heterocycles. The van der Waals surface area contributed by atoms with Gasteiger partial charge in [0.25, 0.3) is 10.2 Å². The Kier molecular flexibility index (Phi) is 4.97. The minimum Gasteiger partial charge on any atom is -0.379 e. The molecule has 0 aromatic rings. The largest absolute Gasteiger partial charge is 0.379 e. The summed E-state index contributed by atoms with van der Waals surface area (Å²) in [5, 5.41) is 0. The minimum absolute atomic E-state index is 0.430. The van der Waals surface area contributed by atoms with Crippen molar-refractivity contribution in [1.82, 2.24) is 13.9 Å². The minimum atomic E-state index is -3.32. The van der Waals surface area contributed by atoms with Crippen molar-refractivity contribution in [1.29, 1.82) is 0 Å². The van der Waals surface area contributed by atoms with E-state index in [9.17, 15) is 8.42 Å². The molecule has 2 heterocycles. The van der Waals surface area contributed by atoms with Gasteiger partial charge < -0.3 is 9.64 Å². The van der Waals surface area contributed by atoms with Crippen molar-refractivity contribution < 1.29 is 13.2 Å². The molecule has 0 spiro atoms. The molecule has 0 aromatic heterocycles. The summed E-state index contributed by atoms with van der Waals surface area (Å²) in [6, 6.07) is 0. The standard InChI is InChI=1S/C11H23N3O3S/c1-13-4-2-3-11(10-13)9-12-18(15,16)14-5-7-17-8-6-14/h11-12H,2-10H2,1H3. The Hall–Kier alpha value is -0.210. The van der Waals surface area contributed by atoms with E-state index < -0.39 is 10.2 Å². The van der Waals surface area contributed by atoms with Crippen LogP contribution >= 0.6 is 0 Å². The molecule has 2 aliphatic rings. The van der Waals surface area contributed by atoms with Gasteiger partial charge in [-0.05, 0) is 32.4 Å². The second-order valence-electron chi connectivity index (χ2n) is 5.14. The zero-order chi connectivity index (χ0) is 13.0. The second kappa shape index (κ2) is 6.29. The van der Waals surface area contributed by atoms with Crippen molar-refractivity contribution in [2.75, 3.05) is 53.0 Å². The SMILES string of the molecule is CN1CCCC(CNS(=O)(=O)N2CCOCC2)C1. The molecular formula is C11H23N3O3S. The Morgan fingerprint density at radius 3 is 2.67 bits per heavy atom. The molecule has 0 bridgehead atoms. The van der Waals surface area contributed by atoms with E-state index in [1.807, 2.05) is 0 Å². The lowest BCUT2D eigenvalue weighted by molar-refractivity contribution is 0.0723. The van der Waals surface area contributed by atoms with Crippen LogP contribution in [0.4, 0.5) is 0 Å². The second-order valence-corrected chi connectivity index (χ2v) is 6.89. The van der Waals surface area contributed by atoms with E-state index in [4.69, 9.17) is 4.74 Å². The van der Waals surface area contributed by atoms with E-state index in [1.165, 1.54) is 4.31 Å². The first kappa shape index (κ1) is 14.2. The van der Waals surface area contributed by atoms with Gasteiger partial charge >= 0.3 is 0 Å². The van der Waals surface area contributed by atoms with Crippen LogP contribution in [0.5, 0.6) is 0 Å². The van der Waals surface area contributed by atoms with Gasteiger partial charge in [-0.25, -0.2) is 4.72 Å². The Labute approximate surface area is 109 Å². The molecule has 2 saturated heterocycles. The highest BCUT2D eigenvalue weighted by molar-refractivity contribution is 7.87. The first-order chi connectivity index (χ1) is 8.58. The number of rotatable bonds is 4. The van der Waals surface area contributed by atoms with Crippen molar-refractivity contribution in [3.8, 4) is 0 Å². The zero-order valence-electron chi connectivity index (χ0n) is 11.0. The predicted molar refractivity (Wildman–Crippen MR) is 69.5 cm³/mol. The first-order valence-corrected chi connectivity index (χ1v) is 8.03. The predicted octanol–water partition coefficient (Wildman–Crippen LogP) is -0.505. The Balaban J connectivity index is 1.80. The Morgan fingerprint density at radius 2 is 2.00 bits per heavy atom. The monoisotopic (exact) mass is 277 g/mol. The van der Waals surface area contributed by atoms with E-state index in [-0.39, 0.29) is 0 Å². The third-order valence-electron chi connectivity index (χ3n) is 3.59. The molecule has 0 saturated carbocycles. The fourth-order valence-electron chi connectivity index (χ4n) is 2.54. The highest BCUT2D eigenvalue weighted by Crippen LogP contribution is 2.14. The van der Waals surface area contributed by atoms with Gasteiger partial charge in [-0.1, -0.05) is 0 Å². The average molecular weight is 277 g/mol. The molecule has 1 N–H and O–H groups in total. The third kappa shape index (κ3) is 3.89. The third-order valence-corrected chi connectivity index (χ3v) is 5.16. The summed E-state index contributed by atoms with van der Waals surface area (Å²) in [6.07, 6.45) is 2.26. The summed E-state index contributed by atoms with van der Waals surface area (Å²) < 4.78 is 33.5. The fourth-order valence-corrected chi connectivity index (χ4v) is 3.80. The number of hydrogen-bond donors (Lipinski definition) is 1. The molecule has 2 rings (SSSR count). The van der Waals surface area contributed by atoms with Crippen LogP contribution in [0.3, 0.4) is 0 Å². The summed E-state index contributed by atoms with van der Waals surface area (Å²) >= 11 is 0. The number of likely N-dealkylation sites (tertiary alicyclic amines) is 1. The maximum absolute atomic E-state index is 12.1. The van der Waals surface area contributed by atoms with Gasteiger partial charge in [0.1, 0.15) is 0 Å². The van der Waals surface area contributed by atoms with Crippen LogP contribution in [0.1, 0.15) is 12.8 Å². The molecule has 0 radical (unpaired) electrons. The topological polar surface area (TPSA) is 61.9 Å². The van der Waals surface area contributed by atoms with Gasteiger partial charge in [0.15, 0.2) is 0 Å². The van der Waals surface area contributed by atoms with Crippen molar-refractivity contribution in [2.45, 2.75) is 12.8 Å². The van der Waals surface area contributed by atoms with E-state index in [2.05, 4.69) is 16.7 Å². The number of piperidine rings is 1. The van der Waals surface area contributed by atoms with E-state index in [0.717, 1.165) is 25.9 Å². The van der Waals surface area contributed by atoms with Gasteiger partial charge in [0.2, 0.25) is 0 Å². The molecule has 7 heteroatoms. The van der Waals surface area contributed by atoms with Crippen molar-refractivity contribution in [3.05, 3.63) is 0 Å². The lowest BCUT2D eigenvalue weighted by Gasteiger charge is -2.31. The van der Waals surface area contributed by atoms with Gasteiger partial charge in [0, 0.05) is 26.2 Å². The highest BCUT2D eigenvalue weighted by atomic mass is 32.2. The van der Waals surface area contributed by atoms with Gasteiger partial charge in [-0.2, -0.15) is 12.7 Å². The molecule has 1 unspecified atom stereocenters. The Morgan fingerprint density at radius 1 is 1.28 bits per heavy atom. The average Bonchev–Trinajstić information content (AvgIpc) is 2.38. The van der Waals surface area contributed by atoms with Crippen molar-refractivity contribution in [3.63, 3.8) is 0 Å². The maximum atomic E-state index is 12.1. The van der Waals surface area contributed by atoms with Gasteiger partial charge in [-0.15, -0.1) is 0 Å². The van der Waals surface area contributed by atoms with Crippen LogP contribution in [-0.2, 0) is 14.9 Å². The highest BCUT2D eigenvalue weighted by Gasteiger charge is 2.25. The van der Waals surface area contributed by atoms with Gasteiger partial charge in [-0.3, -0.25) is 0 Å². The summed E-state index contributed by atoms with van der Waals surface area (Å²) in [4.78, 5) is 2.26. The number of nitrogens with zero attached hydrogens (tertiary/aromatic N) is 2. The molecule has 6 nitrogen and oxygen atoms in total. The van der Waals surface area contributed by atoms with Crippen LogP contribution < -0.4 is 4.72 Å². The zero-order valence-corrected chi connectivity index (χ0v) is 11.8. The summed E-state index contributed by atoms with van der Waals surface area (Å²) in [7, 11) is -1.23. The fraction of sp³-hybridized carbons (Fsp3) is 1.00. The number of hydrogen-bond acceptors (Lipinski definition) is 4. The smallest absolute Gasteiger partial charge is 0.279 e. The first-order valence-electron chi connectivity index (χ1n) is 6.59. The number of nitrogens with one attached hydrogen (secondary N) is 1. The van der Waals surface area contributed by atoms with Crippen molar-refractivity contribution >= 4 is 10.2 Å². The summed E-state index contributed by atoms with van der Waals surface area (Å²) in [5.74, 6) is 0.430. The summed E-state index contributed by atoms with van der Waals surface area (Å²) in [6.45, 7) is 4.54. The quantitative estimate of drug-likeness (QED) is 0.752.